The third kappa shape index (κ3) is 15.7. The molecule has 1 atom stereocenters. The van der Waals surface area contributed by atoms with Crippen molar-refractivity contribution in [2.75, 3.05) is 6.61 Å². The Morgan fingerprint density at radius 3 is 1.42 bits per heavy atom. The number of carbonyl (C=O) groups is 1. The van der Waals surface area contributed by atoms with Crippen molar-refractivity contribution >= 4 is 5.97 Å². The van der Waals surface area contributed by atoms with E-state index in [1.165, 1.54) is 103 Å². The van der Waals surface area contributed by atoms with Crippen molar-refractivity contribution in [3.05, 3.63) is 0 Å². The molecule has 0 spiro atoms. The number of hydrogen-bond donors (Lipinski definition) is 0. The van der Waals surface area contributed by atoms with Gasteiger partial charge < -0.3 is 4.74 Å². The highest BCUT2D eigenvalue weighted by molar-refractivity contribution is 5.68. The van der Waals surface area contributed by atoms with E-state index in [1.54, 1.807) is 0 Å². The molecule has 0 saturated carbocycles. The lowest BCUT2D eigenvalue weighted by Crippen LogP contribution is -2.25. The molecule has 1 unspecified atom stereocenters. The molecule has 2 nitrogen and oxygen atoms in total. The monoisotopic (exact) mass is 368 g/mol. The quantitative estimate of drug-likeness (QED) is 0.169. The number of hydrogen-bond acceptors (Lipinski definition) is 2. The second kappa shape index (κ2) is 17.9. The molecule has 0 N–H and O–H groups in total. The van der Waals surface area contributed by atoms with Gasteiger partial charge in [-0.2, -0.15) is 0 Å². The third-order valence-corrected chi connectivity index (χ3v) is 5.64. The summed E-state index contributed by atoms with van der Waals surface area (Å²) in [4.78, 5) is 11.6. The first-order chi connectivity index (χ1) is 12.6. The van der Waals surface area contributed by atoms with Crippen molar-refractivity contribution in [2.45, 2.75) is 137 Å². The molecule has 0 radical (unpaired) electrons. The number of esters is 1. The Balaban J connectivity index is 4.04. The highest BCUT2D eigenvalue weighted by Gasteiger charge is 2.25. The maximum atomic E-state index is 11.6. The van der Waals surface area contributed by atoms with E-state index in [2.05, 4.69) is 20.8 Å². The Kier molecular flexibility index (Phi) is 17.5. The number of rotatable bonds is 19. The van der Waals surface area contributed by atoms with Gasteiger partial charge in [-0.05, 0) is 12.8 Å². The summed E-state index contributed by atoms with van der Waals surface area (Å²) in [6.45, 7) is 9.37. The SMILES string of the molecule is CCCCCCCCCCC(C)(CCCCCCCC)COC(=O)CC. The Morgan fingerprint density at radius 2 is 1.04 bits per heavy atom. The van der Waals surface area contributed by atoms with E-state index in [0.717, 1.165) is 0 Å². The van der Waals surface area contributed by atoms with Crippen LogP contribution in [0.1, 0.15) is 137 Å². The molecule has 0 aromatic rings. The number of unbranched alkanes of at least 4 members (excludes halogenated alkanes) is 12. The van der Waals surface area contributed by atoms with E-state index in [0.29, 0.717) is 13.0 Å². The molecular formula is C24H48O2. The first kappa shape index (κ1) is 25.5. The second-order valence-corrected chi connectivity index (χ2v) is 8.57. The van der Waals surface area contributed by atoms with E-state index in [4.69, 9.17) is 4.74 Å². The summed E-state index contributed by atoms with van der Waals surface area (Å²) < 4.78 is 5.54. The van der Waals surface area contributed by atoms with Gasteiger partial charge >= 0.3 is 5.97 Å². The van der Waals surface area contributed by atoms with Gasteiger partial charge in [-0.1, -0.05) is 118 Å². The van der Waals surface area contributed by atoms with Gasteiger partial charge in [0.05, 0.1) is 6.61 Å². The van der Waals surface area contributed by atoms with Gasteiger partial charge in [-0.25, -0.2) is 0 Å². The summed E-state index contributed by atoms with van der Waals surface area (Å²) in [5, 5.41) is 0. The van der Waals surface area contributed by atoms with Crippen LogP contribution in [0.4, 0.5) is 0 Å². The predicted molar refractivity (Wildman–Crippen MR) is 115 cm³/mol. The van der Waals surface area contributed by atoms with Crippen molar-refractivity contribution < 1.29 is 9.53 Å². The highest BCUT2D eigenvalue weighted by Crippen LogP contribution is 2.32. The zero-order chi connectivity index (χ0) is 19.5. The summed E-state index contributed by atoms with van der Waals surface area (Å²) >= 11 is 0. The maximum absolute atomic E-state index is 11.6. The van der Waals surface area contributed by atoms with Crippen LogP contribution in [0.3, 0.4) is 0 Å². The lowest BCUT2D eigenvalue weighted by Gasteiger charge is -2.29. The maximum Gasteiger partial charge on any atom is 0.305 e. The highest BCUT2D eigenvalue weighted by atomic mass is 16.5. The molecule has 0 fully saturated rings. The fraction of sp³-hybridized carbons (Fsp3) is 0.958. The van der Waals surface area contributed by atoms with Crippen molar-refractivity contribution in [1.82, 2.24) is 0 Å². The van der Waals surface area contributed by atoms with E-state index in [9.17, 15) is 4.79 Å². The van der Waals surface area contributed by atoms with E-state index >= 15 is 0 Å². The fourth-order valence-corrected chi connectivity index (χ4v) is 3.64. The molecule has 0 rings (SSSR count). The van der Waals surface area contributed by atoms with Crippen LogP contribution in [-0.4, -0.2) is 12.6 Å². The summed E-state index contributed by atoms with van der Waals surface area (Å²) in [5.41, 5.74) is 0.178. The minimum atomic E-state index is -0.0462. The largest absolute Gasteiger partial charge is 0.465 e. The Labute approximate surface area is 164 Å². The topological polar surface area (TPSA) is 26.3 Å². The molecule has 26 heavy (non-hydrogen) atoms. The van der Waals surface area contributed by atoms with E-state index in [1.807, 2.05) is 6.92 Å². The minimum absolute atomic E-state index is 0.0462. The van der Waals surface area contributed by atoms with Crippen LogP contribution < -0.4 is 0 Å². The molecule has 0 aromatic carbocycles. The average molecular weight is 369 g/mol. The molecular weight excluding hydrogens is 320 g/mol. The lowest BCUT2D eigenvalue weighted by atomic mass is 9.80. The number of ether oxygens (including phenoxy) is 1. The normalized spacial score (nSPS) is 13.5. The van der Waals surface area contributed by atoms with Crippen molar-refractivity contribution in [3.8, 4) is 0 Å². The van der Waals surface area contributed by atoms with Gasteiger partial charge in [0.1, 0.15) is 0 Å². The molecule has 0 amide bonds. The van der Waals surface area contributed by atoms with Crippen LogP contribution in [0.5, 0.6) is 0 Å². The lowest BCUT2D eigenvalue weighted by molar-refractivity contribution is -0.147. The predicted octanol–water partition coefficient (Wildman–Crippen LogP) is 8.23. The Morgan fingerprint density at radius 1 is 0.654 bits per heavy atom. The van der Waals surface area contributed by atoms with Gasteiger partial charge in [-0.15, -0.1) is 0 Å². The zero-order valence-electron chi connectivity index (χ0n) is 18.5. The van der Waals surface area contributed by atoms with Gasteiger partial charge in [0.25, 0.3) is 0 Å². The molecule has 0 heterocycles. The summed E-state index contributed by atoms with van der Waals surface area (Å²) in [6, 6.07) is 0. The fourth-order valence-electron chi connectivity index (χ4n) is 3.64. The van der Waals surface area contributed by atoms with Crippen LogP contribution >= 0.6 is 0 Å². The molecule has 0 bridgehead atoms. The molecule has 0 aliphatic carbocycles. The van der Waals surface area contributed by atoms with Crippen molar-refractivity contribution in [3.63, 3.8) is 0 Å². The first-order valence-corrected chi connectivity index (χ1v) is 11.7. The van der Waals surface area contributed by atoms with Gasteiger partial charge in [0.2, 0.25) is 0 Å². The van der Waals surface area contributed by atoms with Crippen LogP contribution in [0.15, 0.2) is 0 Å². The Hall–Kier alpha value is -0.530. The molecule has 0 aromatic heterocycles. The molecule has 156 valence electrons. The zero-order valence-corrected chi connectivity index (χ0v) is 18.5. The number of carbonyl (C=O) groups excluding carboxylic acids is 1. The summed E-state index contributed by atoms with van der Waals surface area (Å²) in [7, 11) is 0. The standard InChI is InChI=1S/C24H48O2/c1-5-8-10-12-14-15-17-19-21-24(4,22-26-23(25)7-3)20-18-16-13-11-9-6-2/h5-22H2,1-4H3. The van der Waals surface area contributed by atoms with Gasteiger partial charge in [0, 0.05) is 11.8 Å². The molecule has 0 aliphatic rings. The second-order valence-electron chi connectivity index (χ2n) is 8.57. The summed E-state index contributed by atoms with van der Waals surface area (Å²) in [6.07, 6.45) is 21.8. The van der Waals surface area contributed by atoms with Crippen LogP contribution in [0, 0.1) is 5.41 Å². The van der Waals surface area contributed by atoms with E-state index < -0.39 is 0 Å². The average Bonchev–Trinajstić information content (AvgIpc) is 2.65. The Bertz CT molecular complexity index is 313. The smallest absolute Gasteiger partial charge is 0.305 e. The van der Waals surface area contributed by atoms with E-state index in [-0.39, 0.29) is 11.4 Å². The van der Waals surface area contributed by atoms with Gasteiger partial charge in [-0.3, -0.25) is 4.79 Å². The molecule has 0 saturated heterocycles. The third-order valence-electron chi connectivity index (χ3n) is 5.64. The summed E-state index contributed by atoms with van der Waals surface area (Å²) in [5.74, 6) is -0.0462. The van der Waals surface area contributed by atoms with Gasteiger partial charge in [0.15, 0.2) is 0 Å². The molecule has 2 heteroatoms. The van der Waals surface area contributed by atoms with Crippen LogP contribution in [0.25, 0.3) is 0 Å². The minimum Gasteiger partial charge on any atom is -0.465 e. The van der Waals surface area contributed by atoms with Crippen molar-refractivity contribution in [1.29, 1.82) is 0 Å². The van der Waals surface area contributed by atoms with Crippen LogP contribution in [-0.2, 0) is 9.53 Å². The van der Waals surface area contributed by atoms with Crippen molar-refractivity contribution in [2.24, 2.45) is 5.41 Å². The first-order valence-electron chi connectivity index (χ1n) is 11.7. The molecule has 0 aliphatic heterocycles. The van der Waals surface area contributed by atoms with Crippen LogP contribution in [0.2, 0.25) is 0 Å².